The fourth-order valence-corrected chi connectivity index (χ4v) is 5.78. The molecule has 0 N–H and O–H groups in total. The van der Waals surface area contributed by atoms with Crippen molar-refractivity contribution in [1.29, 1.82) is 0 Å². The average Bonchev–Trinajstić information content (AvgIpc) is 2.68. The molecule has 0 amide bonds. The van der Waals surface area contributed by atoms with Gasteiger partial charge in [-0.2, -0.15) is 8.61 Å². The van der Waals surface area contributed by atoms with Crippen LogP contribution in [0.4, 0.5) is 0 Å². The van der Waals surface area contributed by atoms with E-state index in [-0.39, 0.29) is 13.1 Å². The van der Waals surface area contributed by atoms with Gasteiger partial charge < -0.3 is 0 Å². The summed E-state index contributed by atoms with van der Waals surface area (Å²) in [5.41, 5.74) is 2.67. The molecule has 1 saturated carbocycles. The van der Waals surface area contributed by atoms with Crippen LogP contribution in [0.1, 0.15) is 11.1 Å². The summed E-state index contributed by atoms with van der Waals surface area (Å²) in [5.74, 6) is 0. The molecule has 1 aliphatic rings. The van der Waals surface area contributed by atoms with Gasteiger partial charge in [-0.1, -0.05) is 73.8 Å². The highest BCUT2D eigenvalue weighted by Gasteiger charge is 2.50. The maximum atomic E-state index is 12.7. The van der Waals surface area contributed by atoms with Crippen LogP contribution in [0.3, 0.4) is 0 Å². The molecular weight excluding hydrogens is 420 g/mol. The standard InChI is InChI=1S/C22H26N2O4S2/c1-17-18(2)22(24(30(4,27)28)16-20-13-9-6-10-14-20)21(17)23(29(3,25)26)15-19-11-7-5-8-12-19/h5-14,21-22H,1-2,15-16H2,3-4H3/t21-,22-/m0/s1. The van der Waals surface area contributed by atoms with Gasteiger partial charge in [0.25, 0.3) is 0 Å². The second-order valence-electron chi connectivity index (χ2n) is 7.53. The molecule has 0 saturated heterocycles. The van der Waals surface area contributed by atoms with Crippen LogP contribution >= 0.6 is 0 Å². The van der Waals surface area contributed by atoms with E-state index in [0.717, 1.165) is 23.6 Å². The fourth-order valence-electron chi connectivity index (χ4n) is 3.70. The van der Waals surface area contributed by atoms with E-state index in [1.54, 1.807) is 0 Å². The lowest BCUT2D eigenvalue weighted by Gasteiger charge is -2.50. The minimum atomic E-state index is -3.65. The summed E-state index contributed by atoms with van der Waals surface area (Å²) in [6.45, 7) is 8.23. The molecule has 30 heavy (non-hydrogen) atoms. The Morgan fingerprint density at radius 1 is 0.667 bits per heavy atom. The summed E-state index contributed by atoms with van der Waals surface area (Å²) in [7, 11) is -7.31. The molecule has 8 heteroatoms. The Bertz CT molecular complexity index is 1050. The molecule has 0 aliphatic heterocycles. The van der Waals surface area contributed by atoms with E-state index in [1.165, 1.54) is 8.61 Å². The topological polar surface area (TPSA) is 74.8 Å². The highest BCUT2D eigenvalue weighted by Crippen LogP contribution is 2.42. The number of nitrogens with zero attached hydrogens (tertiary/aromatic N) is 2. The molecule has 0 aromatic heterocycles. The molecule has 160 valence electrons. The van der Waals surface area contributed by atoms with Crippen molar-refractivity contribution >= 4 is 20.0 Å². The maximum absolute atomic E-state index is 12.7. The molecule has 2 atom stereocenters. The highest BCUT2D eigenvalue weighted by molar-refractivity contribution is 7.88. The van der Waals surface area contributed by atoms with Crippen molar-refractivity contribution in [2.45, 2.75) is 25.2 Å². The Morgan fingerprint density at radius 3 is 1.23 bits per heavy atom. The molecule has 0 spiro atoms. The van der Waals surface area contributed by atoms with E-state index >= 15 is 0 Å². The lowest BCUT2D eigenvalue weighted by Crippen LogP contribution is -2.62. The van der Waals surface area contributed by atoms with Gasteiger partial charge in [-0.25, -0.2) is 16.8 Å². The van der Waals surface area contributed by atoms with Gasteiger partial charge in [-0.15, -0.1) is 0 Å². The molecule has 2 aromatic carbocycles. The van der Waals surface area contributed by atoms with Gasteiger partial charge in [0.1, 0.15) is 0 Å². The molecule has 3 rings (SSSR count). The van der Waals surface area contributed by atoms with E-state index < -0.39 is 32.1 Å². The van der Waals surface area contributed by atoms with Crippen molar-refractivity contribution < 1.29 is 16.8 Å². The zero-order chi connectivity index (χ0) is 22.1. The molecule has 6 nitrogen and oxygen atoms in total. The minimum Gasteiger partial charge on any atom is -0.212 e. The second kappa shape index (κ2) is 8.47. The van der Waals surface area contributed by atoms with Gasteiger partial charge in [-0.3, -0.25) is 0 Å². The van der Waals surface area contributed by atoms with Crippen LogP contribution < -0.4 is 0 Å². The largest absolute Gasteiger partial charge is 0.212 e. The van der Waals surface area contributed by atoms with Crippen molar-refractivity contribution in [1.82, 2.24) is 8.61 Å². The molecule has 2 aromatic rings. The Kier molecular flexibility index (Phi) is 6.33. The maximum Gasteiger partial charge on any atom is 0.212 e. The number of rotatable bonds is 8. The average molecular weight is 447 g/mol. The van der Waals surface area contributed by atoms with Crippen LogP contribution in [0.5, 0.6) is 0 Å². The van der Waals surface area contributed by atoms with Crippen LogP contribution in [0.15, 0.2) is 85.0 Å². The highest BCUT2D eigenvalue weighted by atomic mass is 32.2. The van der Waals surface area contributed by atoms with Crippen LogP contribution in [-0.4, -0.2) is 50.0 Å². The predicted octanol–water partition coefficient (Wildman–Crippen LogP) is 2.77. The Hall–Kier alpha value is -2.26. The summed E-state index contributed by atoms with van der Waals surface area (Å²) in [6.07, 6.45) is 2.26. The number of hydrogen-bond donors (Lipinski definition) is 0. The number of sulfonamides is 2. The van der Waals surface area contributed by atoms with E-state index in [9.17, 15) is 16.8 Å². The predicted molar refractivity (Wildman–Crippen MR) is 120 cm³/mol. The van der Waals surface area contributed by atoms with Crippen LogP contribution in [0.2, 0.25) is 0 Å². The van der Waals surface area contributed by atoms with Gasteiger partial charge in [0, 0.05) is 13.1 Å². The normalized spacial score (nSPS) is 19.9. The Labute approximate surface area is 179 Å². The van der Waals surface area contributed by atoms with Crippen molar-refractivity contribution in [3.63, 3.8) is 0 Å². The van der Waals surface area contributed by atoms with Crippen LogP contribution in [0.25, 0.3) is 0 Å². The molecule has 1 aliphatic carbocycles. The zero-order valence-electron chi connectivity index (χ0n) is 17.1. The van der Waals surface area contributed by atoms with Crippen molar-refractivity contribution in [3.05, 3.63) is 96.1 Å². The minimum absolute atomic E-state index is 0.121. The van der Waals surface area contributed by atoms with Gasteiger partial charge >= 0.3 is 0 Å². The molecule has 0 heterocycles. The van der Waals surface area contributed by atoms with E-state index in [0.29, 0.717) is 11.1 Å². The van der Waals surface area contributed by atoms with E-state index in [2.05, 4.69) is 13.2 Å². The zero-order valence-corrected chi connectivity index (χ0v) is 18.7. The molecular formula is C22H26N2O4S2. The summed E-state index contributed by atoms with van der Waals surface area (Å²) in [5, 5.41) is 0. The first-order valence-electron chi connectivity index (χ1n) is 9.39. The molecule has 0 unspecified atom stereocenters. The smallest absolute Gasteiger partial charge is 0.212 e. The number of benzene rings is 2. The number of hydrogen-bond acceptors (Lipinski definition) is 4. The van der Waals surface area contributed by atoms with Gasteiger partial charge in [0.05, 0.1) is 24.6 Å². The van der Waals surface area contributed by atoms with Crippen molar-refractivity contribution in [2.24, 2.45) is 0 Å². The van der Waals surface area contributed by atoms with Gasteiger partial charge in [-0.05, 0) is 22.3 Å². The summed E-state index contributed by atoms with van der Waals surface area (Å²) < 4.78 is 53.4. The van der Waals surface area contributed by atoms with E-state index in [1.807, 2.05) is 60.7 Å². The Balaban J connectivity index is 2.00. The fraction of sp³-hybridized carbons (Fsp3) is 0.273. The lowest BCUT2D eigenvalue weighted by molar-refractivity contribution is 0.197. The SMILES string of the molecule is C=C1C(=C)[C@H](N(Cc2ccccc2)S(C)(=O)=O)[C@H]1N(Cc1ccccc1)S(C)(=O)=O. The summed E-state index contributed by atoms with van der Waals surface area (Å²) in [6, 6.07) is 16.9. The van der Waals surface area contributed by atoms with Crippen LogP contribution in [-0.2, 0) is 33.1 Å². The van der Waals surface area contributed by atoms with Crippen LogP contribution in [0, 0.1) is 0 Å². The summed E-state index contributed by atoms with van der Waals surface area (Å²) >= 11 is 0. The lowest BCUT2D eigenvalue weighted by atomic mass is 9.76. The third-order valence-electron chi connectivity index (χ3n) is 5.26. The first kappa shape index (κ1) is 22.4. The molecule has 1 fully saturated rings. The van der Waals surface area contributed by atoms with Gasteiger partial charge in [0.2, 0.25) is 20.0 Å². The second-order valence-corrected chi connectivity index (χ2v) is 11.4. The first-order chi connectivity index (χ1) is 14.0. The molecule has 0 bridgehead atoms. The monoisotopic (exact) mass is 446 g/mol. The Morgan fingerprint density at radius 2 is 0.967 bits per heavy atom. The van der Waals surface area contributed by atoms with E-state index in [4.69, 9.17) is 0 Å². The van der Waals surface area contributed by atoms with Crippen molar-refractivity contribution in [2.75, 3.05) is 12.5 Å². The van der Waals surface area contributed by atoms with Gasteiger partial charge in [0.15, 0.2) is 0 Å². The van der Waals surface area contributed by atoms with Crippen molar-refractivity contribution in [3.8, 4) is 0 Å². The molecule has 0 radical (unpaired) electrons. The quantitative estimate of drug-likeness (QED) is 0.625. The third kappa shape index (κ3) is 4.73. The summed E-state index contributed by atoms with van der Waals surface area (Å²) in [4.78, 5) is 0. The first-order valence-corrected chi connectivity index (χ1v) is 13.1. The third-order valence-corrected chi connectivity index (χ3v) is 7.68.